The number of nitrogens with two attached hydrogens (primary N) is 1. The van der Waals surface area contributed by atoms with Crippen molar-refractivity contribution in [2.45, 2.75) is 50.7 Å². The minimum Gasteiger partial charge on any atom is -0.399 e. The average Bonchev–Trinajstić information content (AvgIpc) is 3.54. The van der Waals surface area contributed by atoms with Gasteiger partial charge >= 0.3 is 6.03 Å². The van der Waals surface area contributed by atoms with Crippen molar-refractivity contribution >= 4 is 23.5 Å². The van der Waals surface area contributed by atoms with Crippen LogP contribution in [0.15, 0.2) is 48.5 Å². The quantitative estimate of drug-likeness (QED) is 0.542. The number of hydrogen-bond acceptors (Lipinski definition) is 4. The molecule has 0 aromatic heterocycles. The Hall–Kier alpha value is -3.35. The van der Waals surface area contributed by atoms with Gasteiger partial charge in [0.25, 0.3) is 5.91 Å². The van der Waals surface area contributed by atoms with Crippen LogP contribution in [-0.2, 0) is 28.1 Å². The first-order valence-corrected chi connectivity index (χ1v) is 11.3. The monoisotopic (exact) mass is 432 g/mol. The summed E-state index contributed by atoms with van der Waals surface area (Å²) in [6.45, 7) is 2.28. The predicted octanol–water partition coefficient (Wildman–Crippen LogP) is 2.79. The second kappa shape index (κ2) is 7.65. The number of benzene rings is 2. The van der Waals surface area contributed by atoms with Gasteiger partial charge in [0.2, 0.25) is 5.91 Å². The molecule has 2 aromatic rings. The van der Waals surface area contributed by atoms with Gasteiger partial charge in [-0.25, -0.2) is 4.79 Å². The number of carbonyl (C=O) groups excluding carboxylic acids is 3. The summed E-state index contributed by atoms with van der Waals surface area (Å²) in [5.41, 5.74) is 8.23. The van der Waals surface area contributed by atoms with Crippen LogP contribution < -0.4 is 11.1 Å². The third-order valence-electron chi connectivity index (χ3n) is 7.14. The molecular formula is C25H28N4O3. The molecule has 0 radical (unpaired) electrons. The Morgan fingerprint density at radius 3 is 2.69 bits per heavy atom. The average molecular weight is 433 g/mol. The first kappa shape index (κ1) is 20.5. The Labute approximate surface area is 187 Å². The third-order valence-corrected chi connectivity index (χ3v) is 7.14. The summed E-state index contributed by atoms with van der Waals surface area (Å²) in [5, 5.41) is 2.89. The molecule has 1 spiro atoms. The summed E-state index contributed by atoms with van der Waals surface area (Å²) in [7, 11) is 0. The number of carbonyl (C=O) groups is 3. The van der Waals surface area contributed by atoms with E-state index < -0.39 is 11.6 Å². The molecule has 2 atom stereocenters. The van der Waals surface area contributed by atoms with Crippen LogP contribution in [0, 0.1) is 5.92 Å². The second-order valence-corrected chi connectivity index (χ2v) is 9.23. The predicted molar refractivity (Wildman–Crippen MR) is 120 cm³/mol. The molecule has 7 nitrogen and oxygen atoms in total. The maximum absolute atomic E-state index is 13.5. The van der Waals surface area contributed by atoms with Gasteiger partial charge in [0.05, 0.1) is 0 Å². The number of nitrogen functional groups attached to an aromatic ring is 1. The molecule has 2 aromatic carbocycles. The second-order valence-electron chi connectivity index (χ2n) is 9.23. The van der Waals surface area contributed by atoms with Gasteiger partial charge in [0, 0.05) is 18.3 Å². The summed E-state index contributed by atoms with van der Waals surface area (Å²) < 4.78 is 0. The van der Waals surface area contributed by atoms with Crippen LogP contribution in [0.3, 0.4) is 0 Å². The fourth-order valence-corrected chi connectivity index (χ4v) is 5.11. The molecule has 5 rings (SSSR count). The summed E-state index contributed by atoms with van der Waals surface area (Å²) in [4.78, 5) is 42.6. The highest BCUT2D eigenvalue weighted by atomic mass is 16.2. The topological polar surface area (TPSA) is 95.7 Å². The van der Waals surface area contributed by atoms with E-state index in [1.165, 1.54) is 0 Å². The Bertz CT molecular complexity index is 1080. The Morgan fingerprint density at radius 1 is 1.22 bits per heavy atom. The van der Waals surface area contributed by atoms with E-state index in [1.54, 1.807) is 6.07 Å². The maximum Gasteiger partial charge on any atom is 0.325 e. The zero-order chi connectivity index (χ0) is 22.5. The number of amides is 4. The van der Waals surface area contributed by atoms with E-state index >= 15 is 0 Å². The number of imide groups is 1. The van der Waals surface area contributed by atoms with Crippen LogP contribution in [0.4, 0.5) is 10.5 Å². The van der Waals surface area contributed by atoms with E-state index in [0.29, 0.717) is 31.0 Å². The van der Waals surface area contributed by atoms with Crippen LogP contribution in [-0.4, -0.2) is 40.2 Å². The molecule has 1 saturated carbocycles. The number of nitrogens with zero attached hydrogens (tertiary/aromatic N) is 2. The van der Waals surface area contributed by atoms with Crippen molar-refractivity contribution in [2.24, 2.45) is 5.92 Å². The standard InChI is InChI=1S/C25H28N4O3/c1-16(18-7-8-18)28(14-17-5-3-2-4-6-17)22(30)15-29-23(31)25(27-24(29)32)12-11-19-13-20(26)9-10-21(19)25/h2-6,9-10,13,16,18H,7-8,11-12,14-15,26H2,1H3,(H,27,32). The van der Waals surface area contributed by atoms with Crippen molar-refractivity contribution in [3.05, 3.63) is 65.2 Å². The van der Waals surface area contributed by atoms with Crippen LogP contribution in [0.25, 0.3) is 0 Å². The molecule has 1 saturated heterocycles. The molecule has 2 fully saturated rings. The molecule has 2 unspecified atom stereocenters. The number of aryl methyl sites for hydroxylation is 1. The Balaban J connectivity index is 1.37. The third kappa shape index (κ3) is 3.42. The number of nitrogens with one attached hydrogen (secondary N) is 1. The summed E-state index contributed by atoms with van der Waals surface area (Å²) >= 11 is 0. The fourth-order valence-electron chi connectivity index (χ4n) is 5.11. The highest BCUT2D eigenvalue weighted by Gasteiger charge is 2.55. The van der Waals surface area contributed by atoms with Gasteiger partial charge < -0.3 is 16.0 Å². The normalized spacial score (nSPS) is 22.7. The van der Waals surface area contributed by atoms with E-state index in [2.05, 4.69) is 12.2 Å². The van der Waals surface area contributed by atoms with E-state index in [9.17, 15) is 14.4 Å². The largest absolute Gasteiger partial charge is 0.399 e. The molecule has 3 N–H and O–H groups in total. The zero-order valence-corrected chi connectivity index (χ0v) is 18.2. The minimum absolute atomic E-state index is 0.0626. The van der Waals surface area contributed by atoms with Crippen LogP contribution in [0.2, 0.25) is 0 Å². The van der Waals surface area contributed by atoms with Gasteiger partial charge in [-0.15, -0.1) is 0 Å². The molecule has 3 aliphatic rings. The molecule has 7 heteroatoms. The van der Waals surface area contributed by atoms with Gasteiger partial charge in [0.15, 0.2) is 0 Å². The van der Waals surface area contributed by atoms with Gasteiger partial charge in [-0.2, -0.15) is 0 Å². The first-order chi connectivity index (χ1) is 15.4. The van der Waals surface area contributed by atoms with Crippen molar-refractivity contribution in [1.82, 2.24) is 15.1 Å². The number of fused-ring (bicyclic) bond motifs is 2. The van der Waals surface area contributed by atoms with Gasteiger partial charge in [-0.05, 0) is 67.3 Å². The fraction of sp³-hybridized carbons (Fsp3) is 0.400. The number of hydrogen-bond donors (Lipinski definition) is 2. The SMILES string of the molecule is CC(C1CC1)N(Cc1ccccc1)C(=O)CN1C(=O)NC2(CCc3cc(N)ccc32)C1=O. The zero-order valence-electron chi connectivity index (χ0n) is 18.2. The maximum atomic E-state index is 13.5. The van der Waals surface area contributed by atoms with Crippen LogP contribution >= 0.6 is 0 Å². The van der Waals surface area contributed by atoms with Crippen LogP contribution in [0.5, 0.6) is 0 Å². The smallest absolute Gasteiger partial charge is 0.325 e. The summed E-state index contributed by atoms with van der Waals surface area (Å²) in [6, 6.07) is 14.8. The first-order valence-electron chi connectivity index (χ1n) is 11.3. The molecule has 1 heterocycles. The van der Waals surface area contributed by atoms with Gasteiger partial charge in [0.1, 0.15) is 12.1 Å². The summed E-state index contributed by atoms with van der Waals surface area (Å²) in [5.74, 6) is -0.0771. The lowest BCUT2D eigenvalue weighted by Crippen LogP contribution is -2.47. The number of rotatable bonds is 6. The van der Waals surface area contributed by atoms with Crippen molar-refractivity contribution in [1.29, 1.82) is 0 Å². The number of anilines is 1. The Kier molecular flexibility index (Phi) is 4.92. The van der Waals surface area contributed by atoms with Gasteiger partial charge in [-0.3, -0.25) is 14.5 Å². The summed E-state index contributed by atoms with van der Waals surface area (Å²) in [6.07, 6.45) is 3.35. The van der Waals surface area contributed by atoms with E-state index in [0.717, 1.165) is 34.4 Å². The highest BCUT2D eigenvalue weighted by molar-refractivity contribution is 6.10. The highest BCUT2D eigenvalue weighted by Crippen LogP contribution is 2.42. The lowest BCUT2D eigenvalue weighted by atomic mass is 9.91. The van der Waals surface area contributed by atoms with Crippen molar-refractivity contribution in [2.75, 3.05) is 12.3 Å². The van der Waals surface area contributed by atoms with Crippen molar-refractivity contribution in [3.8, 4) is 0 Å². The Morgan fingerprint density at radius 2 is 1.97 bits per heavy atom. The molecule has 32 heavy (non-hydrogen) atoms. The van der Waals surface area contributed by atoms with Crippen LogP contribution in [0.1, 0.15) is 42.9 Å². The van der Waals surface area contributed by atoms with Crippen molar-refractivity contribution < 1.29 is 14.4 Å². The molecule has 4 amide bonds. The molecule has 0 bridgehead atoms. The molecule has 2 aliphatic carbocycles. The van der Waals surface area contributed by atoms with Gasteiger partial charge in [-0.1, -0.05) is 36.4 Å². The molecular weight excluding hydrogens is 404 g/mol. The molecule has 166 valence electrons. The number of urea groups is 1. The van der Waals surface area contributed by atoms with E-state index in [-0.39, 0.29) is 24.4 Å². The molecule has 1 aliphatic heterocycles. The minimum atomic E-state index is -1.09. The lowest BCUT2D eigenvalue weighted by molar-refractivity contribution is -0.141. The van der Waals surface area contributed by atoms with E-state index in [1.807, 2.05) is 47.4 Å². The lowest BCUT2D eigenvalue weighted by Gasteiger charge is -2.31. The van der Waals surface area contributed by atoms with E-state index in [4.69, 9.17) is 5.73 Å². The van der Waals surface area contributed by atoms with Crippen molar-refractivity contribution in [3.63, 3.8) is 0 Å².